The van der Waals surface area contributed by atoms with Gasteiger partial charge in [0.15, 0.2) is 0 Å². The summed E-state index contributed by atoms with van der Waals surface area (Å²) in [7, 11) is 0.277. The van der Waals surface area contributed by atoms with Crippen LogP contribution in [0, 0.1) is 0 Å². The summed E-state index contributed by atoms with van der Waals surface area (Å²) in [5, 5.41) is 0. The molecule has 0 aromatic carbocycles. The molecule has 0 aliphatic rings. The van der Waals surface area contributed by atoms with Crippen LogP contribution < -0.4 is 0 Å². The fourth-order valence-corrected chi connectivity index (χ4v) is 6.37. The van der Waals surface area contributed by atoms with Crippen molar-refractivity contribution in [1.29, 1.82) is 0 Å². The Bertz CT molecular complexity index is 104. The van der Waals surface area contributed by atoms with Gasteiger partial charge in [0, 0.05) is 0 Å². The van der Waals surface area contributed by atoms with E-state index >= 15 is 0 Å². The smallest absolute Gasteiger partial charge is 0.126 e. The van der Waals surface area contributed by atoms with Gasteiger partial charge in [0.25, 0.3) is 0 Å². The van der Waals surface area contributed by atoms with Crippen molar-refractivity contribution in [2.24, 2.45) is 0 Å². The molecule has 0 saturated carbocycles. The van der Waals surface area contributed by atoms with Crippen LogP contribution in [0.4, 0.5) is 0 Å². The van der Waals surface area contributed by atoms with Crippen LogP contribution in [0.1, 0.15) is 26.7 Å². The van der Waals surface area contributed by atoms with E-state index in [0.717, 1.165) is 9.20 Å². The quantitative estimate of drug-likeness (QED) is 0.597. The van der Waals surface area contributed by atoms with Crippen LogP contribution in [-0.2, 0) is 0 Å². The van der Waals surface area contributed by atoms with E-state index in [0.29, 0.717) is 0 Å². The monoisotopic (exact) mass is 201 g/mol. The molecule has 0 aromatic rings. The van der Waals surface area contributed by atoms with E-state index in [9.17, 15) is 0 Å². The molecule has 0 amide bonds. The van der Waals surface area contributed by atoms with Crippen molar-refractivity contribution in [3.8, 4) is 0 Å². The molecule has 1 nitrogen and oxygen atoms in total. The van der Waals surface area contributed by atoms with Crippen molar-refractivity contribution in [3.05, 3.63) is 0 Å². The molecule has 0 unspecified atom stereocenters. The molecule has 0 N–H and O–H groups in total. The van der Waals surface area contributed by atoms with Crippen molar-refractivity contribution < 1.29 is 0 Å². The predicted octanol–water partition coefficient (Wildman–Crippen LogP) is 2.56. The maximum atomic E-state index is 2.66. The van der Waals surface area contributed by atoms with Crippen molar-refractivity contribution in [2.75, 3.05) is 13.1 Å². The average molecular weight is 201 g/mol. The highest BCUT2D eigenvalue weighted by Crippen LogP contribution is 2.02. The molecular weight excluding hydrogens is 178 g/mol. The number of hydrogen-bond acceptors (Lipinski definition) is 1. The first-order chi connectivity index (χ1) is 5.49. The fourth-order valence-electron chi connectivity index (χ4n) is 1.24. The van der Waals surface area contributed by atoms with Gasteiger partial charge >= 0.3 is 0 Å². The highest BCUT2D eigenvalue weighted by molar-refractivity contribution is 7.22. The molecule has 0 atom stereocenters. The Morgan fingerprint density at radius 3 is 1.67 bits per heavy atom. The van der Waals surface area contributed by atoms with E-state index < -0.39 is 7.59 Å². The fraction of sp³-hybridized carbons (Fsp3) is 1.00. The van der Waals surface area contributed by atoms with Gasteiger partial charge in [-0.1, -0.05) is 33.5 Å². The van der Waals surface area contributed by atoms with E-state index in [-0.39, 0.29) is 0 Å². The second kappa shape index (κ2) is 5.94. The molecule has 0 aromatic heterocycles. The minimum atomic E-state index is -0.841. The molecule has 0 spiro atoms. The van der Waals surface area contributed by atoms with Gasteiger partial charge in [0.1, 0.15) is 9.20 Å². The van der Waals surface area contributed by atoms with Crippen LogP contribution in [0.15, 0.2) is 0 Å². The maximum absolute atomic E-state index is 2.66. The third-order valence-corrected chi connectivity index (χ3v) is 5.88. The lowest BCUT2D eigenvalue weighted by Crippen LogP contribution is -2.44. The minimum absolute atomic E-state index is 0.841. The highest BCUT2D eigenvalue weighted by atomic mass is 29.2. The molecule has 0 bridgehead atoms. The van der Waals surface area contributed by atoms with E-state index in [2.05, 4.69) is 38.1 Å². The van der Waals surface area contributed by atoms with Crippen LogP contribution in [-0.4, -0.2) is 34.4 Å². The molecule has 0 rings (SSSR count). The summed E-state index contributed by atoms with van der Waals surface area (Å²) in [5.41, 5.74) is 0. The molecule has 72 valence electrons. The lowest BCUT2D eigenvalue weighted by atomic mass is 10.4. The third-order valence-electron chi connectivity index (χ3n) is 1.48. The summed E-state index contributed by atoms with van der Waals surface area (Å²) < 4.78 is 2.66. The lowest BCUT2D eigenvalue weighted by molar-refractivity contribution is 0.446. The second-order valence-corrected chi connectivity index (χ2v) is 14.9. The first-order valence-corrected chi connectivity index (χ1v) is 10.5. The van der Waals surface area contributed by atoms with Gasteiger partial charge in [-0.2, -0.15) is 0 Å². The Labute approximate surface area is 81.2 Å². The minimum Gasteiger partial charge on any atom is -0.328 e. The van der Waals surface area contributed by atoms with Gasteiger partial charge in [-0.05, 0) is 25.9 Å². The second-order valence-electron chi connectivity index (χ2n) is 4.35. The predicted molar refractivity (Wildman–Crippen MR) is 61.3 cm³/mol. The Morgan fingerprint density at radius 1 is 1.00 bits per heavy atom. The third kappa shape index (κ3) is 7.07. The zero-order chi connectivity index (χ0) is 9.61. The van der Waals surface area contributed by atoms with E-state index in [1.807, 2.05) is 0 Å². The molecule has 0 heterocycles. The Balaban J connectivity index is 3.77. The molecule has 0 aliphatic carbocycles. The number of nitrogens with zero attached hydrogens (tertiary/aromatic N) is 1. The summed E-state index contributed by atoms with van der Waals surface area (Å²) in [6.07, 6.45) is 2.61. The lowest BCUT2D eigenvalue weighted by Gasteiger charge is -2.26. The standard InChI is InChI=1S/C9H23NSi2/c1-6-8-10(9-7-2)11-12(3,4)5/h6-9H2,1-5H3. The number of hydrogen-bond donors (Lipinski definition) is 0. The summed E-state index contributed by atoms with van der Waals surface area (Å²) in [5.74, 6) is 0. The van der Waals surface area contributed by atoms with Crippen molar-refractivity contribution >= 4 is 16.8 Å². The SMILES string of the molecule is CCCN(CCC)[Si][Si](C)(C)C. The van der Waals surface area contributed by atoms with Crippen molar-refractivity contribution in [3.63, 3.8) is 0 Å². The molecule has 2 radical (unpaired) electrons. The average Bonchev–Trinajstić information content (AvgIpc) is 1.84. The summed E-state index contributed by atoms with van der Waals surface area (Å²) in [6, 6.07) is 0. The van der Waals surface area contributed by atoms with Gasteiger partial charge in [0.2, 0.25) is 0 Å². The van der Waals surface area contributed by atoms with Crippen molar-refractivity contribution in [2.45, 2.75) is 46.3 Å². The van der Waals surface area contributed by atoms with Gasteiger partial charge in [-0.25, -0.2) is 0 Å². The topological polar surface area (TPSA) is 3.24 Å². The summed E-state index contributed by atoms with van der Waals surface area (Å²) in [4.78, 5) is 0. The van der Waals surface area contributed by atoms with Crippen LogP contribution in [0.5, 0.6) is 0 Å². The Kier molecular flexibility index (Phi) is 6.14. The summed E-state index contributed by atoms with van der Waals surface area (Å²) >= 11 is 0. The molecule has 0 aliphatic heterocycles. The van der Waals surface area contributed by atoms with Gasteiger partial charge in [-0.15, -0.1) is 0 Å². The van der Waals surface area contributed by atoms with E-state index in [1.54, 1.807) is 0 Å². The van der Waals surface area contributed by atoms with E-state index in [1.165, 1.54) is 25.9 Å². The van der Waals surface area contributed by atoms with Crippen LogP contribution in [0.2, 0.25) is 19.6 Å². The summed E-state index contributed by atoms with van der Waals surface area (Å²) in [6.45, 7) is 14.5. The Hall–Kier alpha value is 0.394. The Morgan fingerprint density at radius 2 is 1.42 bits per heavy atom. The normalized spacial score (nSPS) is 12.5. The molecule has 0 fully saturated rings. The van der Waals surface area contributed by atoms with Crippen LogP contribution in [0.3, 0.4) is 0 Å². The number of rotatable bonds is 6. The van der Waals surface area contributed by atoms with Crippen molar-refractivity contribution in [1.82, 2.24) is 4.57 Å². The van der Waals surface area contributed by atoms with Crippen LogP contribution >= 0.6 is 0 Å². The highest BCUT2D eigenvalue weighted by Gasteiger charge is 2.18. The van der Waals surface area contributed by atoms with Gasteiger partial charge in [-0.3, -0.25) is 0 Å². The molecular formula is C9H23NSi2. The van der Waals surface area contributed by atoms with Gasteiger partial charge < -0.3 is 4.57 Å². The first-order valence-electron chi connectivity index (χ1n) is 5.02. The molecule has 0 saturated heterocycles. The zero-order valence-electron chi connectivity index (χ0n) is 9.28. The zero-order valence-corrected chi connectivity index (χ0v) is 11.3. The largest absolute Gasteiger partial charge is 0.328 e. The van der Waals surface area contributed by atoms with E-state index in [4.69, 9.17) is 0 Å². The maximum Gasteiger partial charge on any atom is 0.126 e. The molecule has 12 heavy (non-hydrogen) atoms. The first kappa shape index (κ1) is 12.4. The van der Waals surface area contributed by atoms with Crippen LogP contribution in [0.25, 0.3) is 0 Å². The van der Waals surface area contributed by atoms with Gasteiger partial charge in [0.05, 0.1) is 7.59 Å². The molecule has 3 heteroatoms.